The van der Waals surface area contributed by atoms with Gasteiger partial charge in [0.15, 0.2) is 5.76 Å². The van der Waals surface area contributed by atoms with Crippen molar-refractivity contribution >= 4 is 27.6 Å². The van der Waals surface area contributed by atoms with Gasteiger partial charge in [-0.05, 0) is 45.4 Å². The highest BCUT2D eigenvalue weighted by Gasteiger charge is 2.28. The monoisotopic (exact) mass is 381 g/mol. The van der Waals surface area contributed by atoms with Crippen molar-refractivity contribution in [3.63, 3.8) is 0 Å². The maximum absolute atomic E-state index is 12.4. The number of rotatable bonds is 6. The minimum atomic E-state index is -4.01. The summed E-state index contributed by atoms with van der Waals surface area (Å²) in [5.41, 5.74) is 1.13. The van der Waals surface area contributed by atoms with Gasteiger partial charge in [0.2, 0.25) is 15.9 Å². The van der Waals surface area contributed by atoms with E-state index in [2.05, 4.69) is 15.2 Å². The van der Waals surface area contributed by atoms with Crippen LogP contribution in [0.1, 0.15) is 34.3 Å². The highest BCUT2D eigenvalue weighted by Crippen LogP contribution is 2.20. The van der Waals surface area contributed by atoms with Gasteiger partial charge in [-0.25, -0.2) is 13.2 Å². The van der Waals surface area contributed by atoms with Crippen LogP contribution in [0.4, 0.5) is 5.69 Å². The van der Waals surface area contributed by atoms with Crippen molar-refractivity contribution in [2.75, 3.05) is 5.32 Å². The molecule has 0 aliphatic rings. The summed E-state index contributed by atoms with van der Waals surface area (Å²) >= 11 is 0. The van der Waals surface area contributed by atoms with Crippen molar-refractivity contribution < 1.29 is 27.6 Å². The second-order valence-corrected chi connectivity index (χ2v) is 7.47. The molecule has 1 atom stereocenters. The van der Waals surface area contributed by atoms with Crippen LogP contribution >= 0.6 is 0 Å². The number of aromatic nitrogens is 1. The lowest BCUT2D eigenvalue weighted by molar-refractivity contribution is -0.117. The summed E-state index contributed by atoms with van der Waals surface area (Å²) in [6.07, 6.45) is 0. The van der Waals surface area contributed by atoms with Crippen molar-refractivity contribution in [1.82, 2.24) is 9.88 Å². The van der Waals surface area contributed by atoms with E-state index in [9.17, 15) is 18.0 Å². The van der Waals surface area contributed by atoms with Gasteiger partial charge >= 0.3 is 5.97 Å². The standard InChI is InChI=1S/C16H19N3O6S/c1-8-5-6-12(16(21)22)7-13(8)17-15(20)10(3)19-26(23,24)14-9(2)18-25-11(14)4/h5-7,10,19H,1-4H3,(H,17,20)(H,21,22). The van der Waals surface area contributed by atoms with Crippen molar-refractivity contribution in [3.05, 3.63) is 40.8 Å². The van der Waals surface area contributed by atoms with Crippen LogP contribution < -0.4 is 10.0 Å². The number of carbonyl (C=O) groups excluding carboxylic acids is 1. The molecule has 0 aliphatic heterocycles. The molecule has 0 bridgehead atoms. The van der Waals surface area contributed by atoms with E-state index < -0.39 is 27.9 Å². The van der Waals surface area contributed by atoms with Gasteiger partial charge in [0.25, 0.3) is 0 Å². The number of anilines is 1. The van der Waals surface area contributed by atoms with Gasteiger partial charge in [-0.15, -0.1) is 0 Å². The predicted molar refractivity (Wildman–Crippen MR) is 92.5 cm³/mol. The van der Waals surface area contributed by atoms with Gasteiger partial charge in [0, 0.05) is 5.69 Å². The first kappa shape index (κ1) is 19.6. The summed E-state index contributed by atoms with van der Waals surface area (Å²) in [5, 5.41) is 15.2. The Bertz CT molecular complexity index is 945. The lowest BCUT2D eigenvalue weighted by atomic mass is 10.1. The molecule has 1 aromatic carbocycles. The Balaban J connectivity index is 2.18. The van der Waals surface area contributed by atoms with E-state index in [0.29, 0.717) is 11.3 Å². The van der Waals surface area contributed by atoms with E-state index >= 15 is 0 Å². The second-order valence-electron chi connectivity index (χ2n) is 5.82. The number of carbonyl (C=O) groups is 2. The number of nitrogens with one attached hydrogen (secondary N) is 2. The molecule has 0 radical (unpaired) electrons. The first-order chi connectivity index (χ1) is 12.0. The minimum Gasteiger partial charge on any atom is -0.478 e. The lowest BCUT2D eigenvalue weighted by Crippen LogP contribution is -2.41. The Morgan fingerprint density at radius 1 is 1.23 bits per heavy atom. The van der Waals surface area contributed by atoms with Gasteiger partial charge in [-0.2, -0.15) is 4.72 Å². The van der Waals surface area contributed by atoms with Crippen LogP contribution in [0.15, 0.2) is 27.6 Å². The summed E-state index contributed by atoms with van der Waals surface area (Å²) in [6, 6.07) is 3.17. The summed E-state index contributed by atoms with van der Waals surface area (Å²) in [6.45, 7) is 6.01. The molecular formula is C16H19N3O6S. The van der Waals surface area contributed by atoms with Crippen LogP contribution in [0.25, 0.3) is 0 Å². The Kier molecular flexibility index (Phi) is 5.47. The molecule has 140 valence electrons. The number of hydrogen-bond donors (Lipinski definition) is 3. The van der Waals surface area contributed by atoms with Crippen molar-refractivity contribution in [2.24, 2.45) is 0 Å². The molecule has 0 fully saturated rings. The van der Waals surface area contributed by atoms with Crippen molar-refractivity contribution in [2.45, 2.75) is 38.6 Å². The Labute approximate surface area is 150 Å². The summed E-state index contributed by atoms with van der Waals surface area (Å²) in [5.74, 6) is -1.65. The van der Waals surface area contributed by atoms with E-state index in [1.54, 1.807) is 13.0 Å². The molecule has 9 nitrogen and oxygen atoms in total. The topological polar surface area (TPSA) is 139 Å². The maximum Gasteiger partial charge on any atom is 0.335 e. The molecular weight excluding hydrogens is 362 g/mol. The average Bonchev–Trinajstić information content (AvgIpc) is 2.88. The third kappa shape index (κ3) is 4.09. The van der Waals surface area contributed by atoms with E-state index in [1.165, 1.54) is 32.9 Å². The zero-order chi connectivity index (χ0) is 19.6. The quantitative estimate of drug-likeness (QED) is 0.691. The number of carboxylic acid groups (broad SMARTS) is 1. The normalized spacial score (nSPS) is 12.6. The molecule has 0 spiro atoms. The van der Waals surface area contributed by atoms with Gasteiger partial charge < -0.3 is 14.9 Å². The molecule has 1 unspecified atom stereocenters. The number of sulfonamides is 1. The summed E-state index contributed by atoms with van der Waals surface area (Å²) in [4.78, 5) is 23.3. The molecule has 3 N–H and O–H groups in total. The fourth-order valence-electron chi connectivity index (χ4n) is 2.33. The third-order valence-corrected chi connectivity index (χ3v) is 5.49. The van der Waals surface area contributed by atoms with Crippen LogP contribution in [0.5, 0.6) is 0 Å². The minimum absolute atomic E-state index is 0.00912. The van der Waals surface area contributed by atoms with E-state index in [-0.39, 0.29) is 21.9 Å². The molecule has 0 saturated carbocycles. The first-order valence-electron chi connectivity index (χ1n) is 7.63. The second kappa shape index (κ2) is 7.26. The van der Waals surface area contributed by atoms with Gasteiger partial charge in [0.05, 0.1) is 11.6 Å². The Morgan fingerprint density at radius 2 is 1.88 bits per heavy atom. The third-order valence-electron chi connectivity index (χ3n) is 3.70. The molecule has 2 rings (SSSR count). The van der Waals surface area contributed by atoms with Crippen LogP contribution in [-0.4, -0.2) is 36.6 Å². The molecule has 2 aromatic rings. The number of carboxylic acids is 1. The highest BCUT2D eigenvalue weighted by molar-refractivity contribution is 7.89. The van der Waals surface area contributed by atoms with Crippen molar-refractivity contribution in [1.29, 1.82) is 0 Å². The van der Waals surface area contributed by atoms with Gasteiger partial charge in [-0.1, -0.05) is 11.2 Å². The molecule has 10 heteroatoms. The molecule has 1 aromatic heterocycles. The number of benzene rings is 1. The van der Waals surface area contributed by atoms with E-state index in [0.717, 1.165) is 0 Å². The molecule has 1 amide bonds. The fraction of sp³-hybridized carbons (Fsp3) is 0.312. The largest absolute Gasteiger partial charge is 0.478 e. The maximum atomic E-state index is 12.4. The molecule has 1 heterocycles. The highest BCUT2D eigenvalue weighted by atomic mass is 32.2. The smallest absolute Gasteiger partial charge is 0.335 e. The van der Waals surface area contributed by atoms with E-state index in [4.69, 9.17) is 9.63 Å². The SMILES string of the molecule is Cc1ccc(C(=O)O)cc1NC(=O)C(C)NS(=O)(=O)c1c(C)noc1C. The first-order valence-corrected chi connectivity index (χ1v) is 9.11. The van der Waals surface area contributed by atoms with Crippen LogP contribution in [0, 0.1) is 20.8 Å². The lowest BCUT2D eigenvalue weighted by Gasteiger charge is -2.15. The van der Waals surface area contributed by atoms with Crippen LogP contribution in [0.3, 0.4) is 0 Å². The Morgan fingerprint density at radius 3 is 2.42 bits per heavy atom. The number of aromatic carboxylic acids is 1. The summed E-state index contributed by atoms with van der Waals surface area (Å²) in [7, 11) is -4.01. The fourth-order valence-corrected chi connectivity index (χ4v) is 3.87. The molecule has 26 heavy (non-hydrogen) atoms. The summed E-state index contributed by atoms with van der Waals surface area (Å²) < 4.78 is 32.0. The van der Waals surface area contributed by atoms with Gasteiger partial charge in [-0.3, -0.25) is 4.79 Å². The van der Waals surface area contributed by atoms with Crippen molar-refractivity contribution in [3.8, 4) is 0 Å². The zero-order valence-corrected chi connectivity index (χ0v) is 15.5. The number of aryl methyl sites for hydroxylation is 3. The van der Waals surface area contributed by atoms with Gasteiger partial charge in [0.1, 0.15) is 10.6 Å². The van der Waals surface area contributed by atoms with Crippen LogP contribution in [0.2, 0.25) is 0 Å². The number of hydrogen-bond acceptors (Lipinski definition) is 6. The predicted octanol–water partition coefficient (Wildman–Crippen LogP) is 1.60. The average molecular weight is 381 g/mol. The zero-order valence-electron chi connectivity index (χ0n) is 14.7. The van der Waals surface area contributed by atoms with E-state index in [1.807, 2.05) is 0 Å². The number of amides is 1. The number of nitrogens with zero attached hydrogens (tertiary/aromatic N) is 1. The molecule has 0 saturated heterocycles. The van der Waals surface area contributed by atoms with Crippen LogP contribution in [-0.2, 0) is 14.8 Å². The Hall–Kier alpha value is -2.72. The molecule has 0 aliphatic carbocycles.